The van der Waals surface area contributed by atoms with E-state index in [-0.39, 0.29) is 0 Å². The van der Waals surface area contributed by atoms with Gasteiger partial charge >= 0.3 is 5.97 Å². The van der Waals surface area contributed by atoms with Gasteiger partial charge < -0.3 is 9.47 Å². The van der Waals surface area contributed by atoms with Gasteiger partial charge in [0.25, 0.3) is 0 Å². The highest BCUT2D eigenvalue weighted by atomic mass is 16.5. The first kappa shape index (κ1) is 27.2. The minimum Gasteiger partial charge on any atom is -0.494 e. The molecule has 34 heavy (non-hydrogen) atoms. The molecule has 1 atom stereocenters. The predicted octanol–water partition coefficient (Wildman–Crippen LogP) is 6.74. The van der Waals surface area contributed by atoms with Gasteiger partial charge in [-0.05, 0) is 73.4 Å². The average molecular weight is 463 g/mol. The van der Waals surface area contributed by atoms with Gasteiger partial charge in [0.15, 0.2) is 6.10 Å². The summed E-state index contributed by atoms with van der Waals surface area (Å²) in [7, 11) is 0. The fourth-order valence-corrected chi connectivity index (χ4v) is 3.68. The van der Waals surface area contributed by atoms with Crippen molar-refractivity contribution in [3.63, 3.8) is 0 Å². The molecule has 0 fully saturated rings. The molecule has 2 aromatic rings. The van der Waals surface area contributed by atoms with Gasteiger partial charge in [-0.15, -0.1) is 6.42 Å². The fourth-order valence-electron chi connectivity index (χ4n) is 3.68. The third-order valence-corrected chi connectivity index (χ3v) is 5.84. The Morgan fingerprint density at radius 3 is 2.00 bits per heavy atom. The van der Waals surface area contributed by atoms with Crippen LogP contribution in [0.1, 0.15) is 86.7 Å². The Morgan fingerprint density at radius 1 is 0.824 bits per heavy atom. The SMILES string of the molecule is C#CC(=O)C(CCCCC)OC(=O)c1ccc(CCc2ccc(OCCCCCC)cc2)cc1. The van der Waals surface area contributed by atoms with Crippen LogP contribution in [0.4, 0.5) is 0 Å². The molecular weight excluding hydrogens is 424 g/mol. The lowest BCUT2D eigenvalue weighted by Gasteiger charge is -2.14. The van der Waals surface area contributed by atoms with Gasteiger partial charge in [-0.3, -0.25) is 4.79 Å². The highest BCUT2D eigenvalue weighted by Gasteiger charge is 2.21. The lowest BCUT2D eigenvalue weighted by molar-refractivity contribution is -0.122. The van der Waals surface area contributed by atoms with Crippen LogP contribution in [0.5, 0.6) is 5.75 Å². The molecule has 1 unspecified atom stereocenters. The third-order valence-electron chi connectivity index (χ3n) is 5.84. The normalized spacial score (nSPS) is 11.4. The zero-order valence-corrected chi connectivity index (χ0v) is 20.7. The van der Waals surface area contributed by atoms with Crippen LogP contribution < -0.4 is 4.74 Å². The molecule has 0 radical (unpaired) electrons. The Morgan fingerprint density at radius 2 is 1.41 bits per heavy atom. The maximum atomic E-state index is 12.5. The molecule has 0 heterocycles. The minimum absolute atomic E-state index is 0.425. The van der Waals surface area contributed by atoms with Gasteiger partial charge in [-0.1, -0.05) is 70.2 Å². The van der Waals surface area contributed by atoms with Crippen molar-refractivity contribution < 1.29 is 19.1 Å². The van der Waals surface area contributed by atoms with Gasteiger partial charge in [0.2, 0.25) is 5.78 Å². The molecule has 0 aliphatic carbocycles. The molecule has 0 amide bonds. The smallest absolute Gasteiger partial charge is 0.338 e. The number of terminal acetylenes is 1. The second kappa shape index (κ2) is 15.7. The van der Waals surface area contributed by atoms with Crippen molar-refractivity contribution in [3.8, 4) is 18.1 Å². The number of benzene rings is 2. The number of carbonyl (C=O) groups excluding carboxylic acids is 2. The largest absolute Gasteiger partial charge is 0.494 e. The van der Waals surface area contributed by atoms with Crippen molar-refractivity contribution >= 4 is 11.8 Å². The zero-order valence-electron chi connectivity index (χ0n) is 20.7. The monoisotopic (exact) mass is 462 g/mol. The summed E-state index contributed by atoms with van der Waals surface area (Å²) < 4.78 is 11.2. The summed E-state index contributed by atoms with van der Waals surface area (Å²) in [6, 6.07) is 15.6. The second-order valence-corrected chi connectivity index (χ2v) is 8.65. The summed E-state index contributed by atoms with van der Waals surface area (Å²) in [6.07, 6.45) is 14.2. The van der Waals surface area contributed by atoms with E-state index in [1.165, 1.54) is 24.8 Å². The summed E-state index contributed by atoms with van der Waals surface area (Å²) in [4.78, 5) is 24.4. The minimum atomic E-state index is -0.869. The van der Waals surface area contributed by atoms with Crippen LogP contribution in [-0.2, 0) is 22.4 Å². The maximum absolute atomic E-state index is 12.5. The lowest BCUT2D eigenvalue weighted by atomic mass is 10.0. The zero-order chi connectivity index (χ0) is 24.6. The first-order valence-corrected chi connectivity index (χ1v) is 12.6. The van der Waals surface area contributed by atoms with E-state index in [9.17, 15) is 9.59 Å². The highest BCUT2D eigenvalue weighted by Crippen LogP contribution is 2.16. The Balaban J connectivity index is 1.82. The number of ketones is 1. The standard InChI is InChI=1S/C30H38O4/c1-4-7-9-11-23-33-27-21-17-25(18-22-27)14-13-24-15-19-26(20-16-24)30(32)34-29(28(31)6-3)12-10-8-5-2/h3,15-22,29H,4-5,7-14,23H2,1-2H3. The number of carbonyl (C=O) groups is 2. The van der Waals surface area contributed by atoms with E-state index >= 15 is 0 Å². The first-order chi connectivity index (χ1) is 16.6. The molecule has 0 bridgehead atoms. The van der Waals surface area contributed by atoms with E-state index in [2.05, 4.69) is 31.9 Å². The molecule has 182 valence electrons. The molecule has 0 N–H and O–H groups in total. The van der Waals surface area contributed by atoms with Crippen molar-refractivity contribution in [2.24, 2.45) is 0 Å². The Kier molecular flexibility index (Phi) is 12.6. The topological polar surface area (TPSA) is 52.6 Å². The van der Waals surface area contributed by atoms with Crippen molar-refractivity contribution in [3.05, 3.63) is 65.2 Å². The molecule has 4 nitrogen and oxygen atoms in total. The van der Waals surface area contributed by atoms with Crippen molar-refractivity contribution in [1.82, 2.24) is 0 Å². The van der Waals surface area contributed by atoms with E-state index in [4.69, 9.17) is 15.9 Å². The van der Waals surface area contributed by atoms with Gasteiger partial charge in [-0.2, -0.15) is 0 Å². The number of hydrogen-bond acceptors (Lipinski definition) is 4. The highest BCUT2D eigenvalue weighted by molar-refractivity contribution is 6.00. The molecular formula is C30H38O4. The average Bonchev–Trinajstić information content (AvgIpc) is 2.87. The van der Waals surface area contributed by atoms with E-state index in [1.807, 2.05) is 24.3 Å². The number of Topliss-reactive ketones (excluding diaryl/α,β-unsaturated/α-hetero) is 1. The van der Waals surface area contributed by atoms with Crippen LogP contribution in [0.2, 0.25) is 0 Å². The van der Waals surface area contributed by atoms with Crippen molar-refractivity contribution in [2.75, 3.05) is 6.61 Å². The van der Waals surface area contributed by atoms with Crippen LogP contribution in [0.25, 0.3) is 0 Å². The van der Waals surface area contributed by atoms with Crippen LogP contribution in [0, 0.1) is 12.3 Å². The summed E-state index contributed by atoms with van der Waals surface area (Å²) >= 11 is 0. The molecule has 2 rings (SSSR count). The Bertz CT molecular complexity index is 906. The van der Waals surface area contributed by atoms with Crippen molar-refractivity contribution in [1.29, 1.82) is 0 Å². The third kappa shape index (κ3) is 9.83. The van der Waals surface area contributed by atoms with Crippen molar-refractivity contribution in [2.45, 2.75) is 84.2 Å². The second-order valence-electron chi connectivity index (χ2n) is 8.65. The molecule has 4 heteroatoms. The molecule has 0 aliphatic heterocycles. The molecule has 0 spiro atoms. The van der Waals surface area contributed by atoms with E-state index in [0.717, 1.165) is 56.4 Å². The molecule has 0 saturated carbocycles. The number of ether oxygens (including phenoxy) is 2. The molecule has 0 saturated heterocycles. The van der Waals surface area contributed by atoms with Gasteiger partial charge in [0.05, 0.1) is 12.2 Å². The first-order valence-electron chi connectivity index (χ1n) is 12.6. The fraction of sp³-hybridized carbons (Fsp3) is 0.467. The number of rotatable bonds is 16. The van der Waals surface area contributed by atoms with Gasteiger partial charge in [0, 0.05) is 0 Å². The summed E-state index contributed by atoms with van der Waals surface area (Å²) in [5, 5.41) is 0. The quantitative estimate of drug-likeness (QED) is 0.120. The van der Waals surface area contributed by atoms with Crippen LogP contribution in [-0.4, -0.2) is 24.5 Å². The van der Waals surface area contributed by atoms with E-state index in [0.29, 0.717) is 12.0 Å². The maximum Gasteiger partial charge on any atom is 0.338 e. The summed E-state index contributed by atoms with van der Waals surface area (Å²) in [6.45, 7) is 5.05. The summed E-state index contributed by atoms with van der Waals surface area (Å²) in [5.41, 5.74) is 2.80. The van der Waals surface area contributed by atoms with Gasteiger partial charge in [-0.25, -0.2) is 4.79 Å². The van der Waals surface area contributed by atoms with E-state index in [1.54, 1.807) is 12.1 Å². The number of aryl methyl sites for hydroxylation is 2. The Labute approximate surface area is 205 Å². The van der Waals surface area contributed by atoms with E-state index < -0.39 is 17.9 Å². The summed E-state index contributed by atoms with van der Waals surface area (Å²) in [5.74, 6) is 2.01. The predicted molar refractivity (Wildman–Crippen MR) is 137 cm³/mol. The molecule has 2 aromatic carbocycles. The van der Waals surface area contributed by atoms with Crippen LogP contribution in [0.15, 0.2) is 48.5 Å². The van der Waals surface area contributed by atoms with Crippen LogP contribution >= 0.6 is 0 Å². The number of esters is 1. The number of unbranched alkanes of at least 4 members (excludes halogenated alkanes) is 5. The number of hydrogen-bond donors (Lipinski definition) is 0. The lowest BCUT2D eigenvalue weighted by Crippen LogP contribution is -2.26. The van der Waals surface area contributed by atoms with Crippen LogP contribution in [0.3, 0.4) is 0 Å². The molecule has 0 aliphatic rings. The Hall–Kier alpha value is -3.06. The molecule has 0 aromatic heterocycles. The van der Waals surface area contributed by atoms with Gasteiger partial charge in [0.1, 0.15) is 5.75 Å².